The molecule has 0 fully saturated rings. The molecule has 1 aromatic carbocycles. The van der Waals surface area contributed by atoms with E-state index in [2.05, 4.69) is 10.1 Å². The zero-order valence-corrected chi connectivity index (χ0v) is 9.91. The van der Waals surface area contributed by atoms with Gasteiger partial charge in [0.1, 0.15) is 24.5 Å². The predicted molar refractivity (Wildman–Crippen MR) is 63.7 cm³/mol. The van der Waals surface area contributed by atoms with Crippen molar-refractivity contribution in [3.05, 3.63) is 42.0 Å². The maximum Gasteiger partial charge on any atom is 0.335 e. The molecule has 2 rings (SSSR count). The van der Waals surface area contributed by atoms with Crippen molar-refractivity contribution in [2.24, 2.45) is 0 Å². The van der Waals surface area contributed by atoms with Gasteiger partial charge in [0.2, 0.25) is 0 Å². The van der Waals surface area contributed by atoms with Gasteiger partial charge in [-0.1, -0.05) is 0 Å². The second kappa shape index (κ2) is 5.31. The van der Waals surface area contributed by atoms with E-state index in [1.54, 1.807) is 23.1 Å². The van der Waals surface area contributed by atoms with E-state index < -0.39 is 5.97 Å². The molecule has 1 heterocycles. The minimum Gasteiger partial charge on any atom is -0.492 e. The summed E-state index contributed by atoms with van der Waals surface area (Å²) in [7, 11) is 0. The summed E-state index contributed by atoms with van der Waals surface area (Å²) in [5, 5.41) is 12.9. The first-order valence-electron chi connectivity index (χ1n) is 5.47. The quantitative estimate of drug-likeness (QED) is 0.863. The Balaban J connectivity index is 1.85. The summed E-state index contributed by atoms with van der Waals surface area (Å²) in [4.78, 5) is 14.7. The lowest BCUT2D eigenvalue weighted by Crippen LogP contribution is -2.08. The molecule has 94 valence electrons. The minimum absolute atomic E-state index is 0.245. The van der Waals surface area contributed by atoms with Crippen LogP contribution in [0.2, 0.25) is 0 Å². The number of hydrogen-bond acceptors (Lipinski definition) is 4. The second-order valence-corrected chi connectivity index (χ2v) is 3.73. The summed E-state index contributed by atoms with van der Waals surface area (Å²) in [5.74, 6) is 0.414. The van der Waals surface area contributed by atoms with Gasteiger partial charge in [0.05, 0.1) is 12.1 Å². The first kappa shape index (κ1) is 12.1. The summed E-state index contributed by atoms with van der Waals surface area (Å²) < 4.78 is 7.17. The van der Waals surface area contributed by atoms with Crippen molar-refractivity contribution < 1.29 is 14.6 Å². The molecule has 2 aromatic rings. The molecule has 0 saturated heterocycles. The van der Waals surface area contributed by atoms with Crippen LogP contribution >= 0.6 is 0 Å². The number of aromatic nitrogens is 3. The van der Waals surface area contributed by atoms with Crippen LogP contribution in [0.4, 0.5) is 0 Å². The van der Waals surface area contributed by atoms with Gasteiger partial charge >= 0.3 is 5.97 Å². The summed E-state index contributed by atoms with van der Waals surface area (Å²) >= 11 is 0. The van der Waals surface area contributed by atoms with Crippen LogP contribution in [0.5, 0.6) is 5.75 Å². The number of carboxylic acids is 1. The van der Waals surface area contributed by atoms with E-state index in [0.717, 1.165) is 5.82 Å². The number of aryl methyl sites for hydroxylation is 1. The molecule has 0 radical (unpaired) electrons. The number of benzene rings is 1. The number of aromatic carboxylic acids is 1. The first-order chi connectivity index (χ1) is 8.65. The van der Waals surface area contributed by atoms with Crippen molar-refractivity contribution >= 4 is 5.97 Å². The van der Waals surface area contributed by atoms with Crippen molar-refractivity contribution in [2.45, 2.75) is 13.5 Å². The second-order valence-electron chi connectivity index (χ2n) is 3.73. The molecule has 0 aliphatic rings. The highest BCUT2D eigenvalue weighted by molar-refractivity contribution is 5.87. The molecule has 0 atom stereocenters. The lowest BCUT2D eigenvalue weighted by atomic mass is 10.2. The Bertz CT molecular complexity index is 534. The largest absolute Gasteiger partial charge is 0.492 e. The highest BCUT2D eigenvalue weighted by Gasteiger charge is 2.02. The van der Waals surface area contributed by atoms with Gasteiger partial charge in [-0.05, 0) is 31.2 Å². The van der Waals surface area contributed by atoms with Gasteiger partial charge in [-0.3, -0.25) is 0 Å². The molecule has 0 amide bonds. The van der Waals surface area contributed by atoms with Crippen LogP contribution in [-0.2, 0) is 6.54 Å². The lowest BCUT2D eigenvalue weighted by Gasteiger charge is -2.06. The van der Waals surface area contributed by atoms with E-state index in [4.69, 9.17) is 9.84 Å². The van der Waals surface area contributed by atoms with Crippen LogP contribution in [0.1, 0.15) is 16.2 Å². The molecular formula is C12H13N3O3. The Morgan fingerprint density at radius 3 is 2.67 bits per heavy atom. The molecule has 1 aromatic heterocycles. The maximum atomic E-state index is 10.7. The number of rotatable bonds is 5. The molecule has 0 bridgehead atoms. The minimum atomic E-state index is -0.945. The highest BCUT2D eigenvalue weighted by Crippen LogP contribution is 2.12. The zero-order valence-electron chi connectivity index (χ0n) is 9.91. The SMILES string of the molecule is Cc1ncn(CCOc2ccc(C(=O)O)cc2)n1. The van der Waals surface area contributed by atoms with Gasteiger partial charge in [-0.25, -0.2) is 14.5 Å². The van der Waals surface area contributed by atoms with Crippen molar-refractivity contribution in [1.29, 1.82) is 0 Å². The van der Waals surface area contributed by atoms with Gasteiger partial charge in [-0.15, -0.1) is 0 Å². The van der Waals surface area contributed by atoms with E-state index in [1.807, 2.05) is 6.92 Å². The van der Waals surface area contributed by atoms with Crippen LogP contribution in [0.3, 0.4) is 0 Å². The van der Waals surface area contributed by atoms with E-state index in [9.17, 15) is 4.79 Å². The standard InChI is InChI=1S/C12H13N3O3/c1-9-13-8-15(14-9)6-7-18-11-4-2-10(3-5-11)12(16)17/h2-5,8H,6-7H2,1H3,(H,16,17). The van der Waals surface area contributed by atoms with E-state index in [0.29, 0.717) is 18.9 Å². The van der Waals surface area contributed by atoms with E-state index in [1.165, 1.54) is 12.1 Å². The third kappa shape index (κ3) is 3.07. The molecule has 18 heavy (non-hydrogen) atoms. The molecular weight excluding hydrogens is 234 g/mol. The van der Waals surface area contributed by atoms with Crippen molar-refractivity contribution in [2.75, 3.05) is 6.61 Å². The van der Waals surface area contributed by atoms with Crippen molar-refractivity contribution in [1.82, 2.24) is 14.8 Å². The topological polar surface area (TPSA) is 77.2 Å². The average molecular weight is 247 g/mol. The number of carbonyl (C=O) groups is 1. The molecule has 0 saturated carbocycles. The van der Waals surface area contributed by atoms with E-state index >= 15 is 0 Å². The summed E-state index contributed by atoms with van der Waals surface area (Å²) in [6.07, 6.45) is 1.65. The average Bonchev–Trinajstić information content (AvgIpc) is 2.76. The van der Waals surface area contributed by atoms with E-state index in [-0.39, 0.29) is 5.56 Å². The van der Waals surface area contributed by atoms with Crippen LogP contribution in [-0.4, -0.2) is 32.4 Å². The van der Waals surface area contributed by atoms with Gasteiger partial charge in [0.25, 0.3) is 0 Å². The normalized spacial score (nSPS) is 10.3. The van der Waals surface area contributed by atoms with Crippen LogP contribution in [0, 0.1) is 6.92 Å². The number of hydrogen-bond donors (Lipinski definition) is 1. The Labute approximate surface area is 104 Å². The Morgan fingerprint density at radius 1 is 1.39 bits per heavy atom. The third-order valence-electron chi connectivity index (χ3n) is 2.34. The molecule has 0 aliphatic carbocycles. The number of nitrogens with zero attached hydrogens (tertiary/aromatic N) is 3. The zero-order chi connectivity index (χ0) is 13.0. The van der Waals surface area contributed by atoms with Gasteiger partial charge in [0.15, 0.2) is 0 Å². The van der Waals surface area contributed by atoms with Crippen molar-refractivity contribution in [3.8, 4) is 5.75 Å². The fourth-order valence-corrected chi connectivity index (χ4v) is 1.45. The maximum absolute atomic E-state index is 10.7. The molecule has 1 N–H and O–H groups in total. The Kier molecular flexibility index (Phi) is 3.57. The molecule has 0 aliphatic heterocycles. The molecule has 6 nitrogen and oxygen atoms in total. The molecule has 0 spiro atoms. The Morgan fingerprint density at radius 2 is 2.11 bits per heavy atom. The highest BCUT2D eigenvalue weighted by atomic mass is 16.5. The Hall–Kier alpha value is -2.37. The van der Waals surface area contributed by atoms with Gasteiger partial charge < -0.3 is 9.84 Å². The third-order valence-corrected chi connectivity index (χ3v) is 2.34. The summed E-state index contributed by atoms with van der Waals surface area (Å²) in [5.41, 5.74) is 0.245. The monoisotopic (exact) mass is 247 g/mol. The number of carboxylic acid groups (broad SMARTS) is 1. The molecule has 6 heteroatoms. The predicted octanol–water partition coefficient (Wildman–Crippen LogP) is 1.36. The molecule has 0 unspecified atom stereocenters. The number of ether oxygens (including phenoxy) is 1. The summed E-state index contributed by atoms with van der Waals surface area (Å²) in [6, 6.07) is 6.29. The first-order valence-corrected chi connectivity index (χ1v) is 5.47. The van der Waals surface area contributed by atoms with Gasteiger partial charge in [0, 0.05) is 0 Å². The smallest absolute Gasteiger partial charge is 0.335 e. The fourth-order valence-electron chi connectivity index (χ4n) is 1.45. The van der Waals surface area contributed by atoms with Gasteiger partial charge in [-0.2, -0.15) is 5.10 Å². The van der Waals surface area contributed by atoms with Crippen LogP contribution < -0.4 is 4.74 Å². The van der Waals surface area contributed by atoms with Crippen LogP contribution in [0.15, 0.2) is 30.6 Å². The van der Waals surface area contributed by atoms with Crippen LogP contribution in [0.25, 0.3) is 0 Å². The van der Waals surface area contributed by atoms with Crippen molar-refractivity contribution in [3.63, 3.8) is 0 Å². The lowest BCUT2D eigenvalue weighted by molar-refractivity contribution is 0.0697. The summed E-state index contributed by atoms with van der Waals surface area (Å²) in [6.45, 7) is 2.87. The fraction of sp³-hybridized carbons (Fsp3) is 0.250.